The Bertz CT molecular complexity index is 397. The highest BCUT2D eigenvalue weighted by Gasteiger charge is 2.31. The van der Waals surface area contributed by atoms with Gasteiger partial charge in [-0.25, -0.2) is 5.14 Å². The molecule has 0 aromatic rings. The van der Waals surface area contributed by atoms with Gasteiger partial charge in [0.25, 0.3) is 16.1 Å². The zero-order chi connectivity index (χ0) is 13.2. The number of nitrogens with two attached hydrogens (primary N) is 1. The molecule has 2 aliphatic heterocycles. The van der Waals surface area contributed by atoms with E-state index in [0.29, 0.717) is 19.7 Å². The van der Waals surface area contributed by atoms with Gasteiger partial charge in [0, 0.05) is 32.8 Å². The molecular weight excluding hydrogens is 258 g/mol. The maximum absolute atomic E-state index is 12.1. The molecule has 0 spiro atoms. The van der Waals surface area contributed by atoms with Crippen molar-refractivity contribution in [2.75, 3.05) is 32.8 Å². The van der Waals surface area contributed by atoms with Gasteiger partial charge in [-0.15, -0.1) is 0 Å². The van der Waals surface area contributed by atoms with Crippen LogP contribution in [0.5, 0.6) is 0 Å². The standard InChI is InChI=1S/C10H19N3O4S/c11-18(15,16)13-6-4-12(5-7-13)10(14)9-3-1-2-8-17-9/h9H,1-8H2,(H2,11,15,16). The van der Waals surface area contributed by atoms with Crippen LogP contribution in [0.25, 0.3) is 0 Å². The van der Waals surface area contributed by atoms with Crippen molar-refractivity contribution in [2.45, 2.75) is 25.4 Å². The average molecular weight is 277 g/mol. The molecule has 0 aromatic heterocycles. The zero-order valence-corrected chi connectivity index (χ0v) is 11.1. The van der Waals surface area contributed by atoms with Gasteiger partial charge in [-0.3, -0.25) is 4.79 Å². The van der Waals surface area contributed by atoms with Gasteiger partial charge in [0.15, 0.2) is 0 Å². The van der Waals surface area contributed by atoms with Crippen LogP contribution < -0.4 is 5.14 Å². The van der Waals surface area contributed by atoms with Crippen LogP contribution >= 0.6 is 0 Å². The van der Waals surface area contributed by atoms with E-state index < -0.39 is 10.2 Å². The van der Waals surface area contributed by atoms with Crippen LogP contribution in [0.2, 0.25) is 0 Å². The predicted molar refractivity (Wildman–Crippen MR) is 64.9 cm³/mol. The summed E-state index contributed by atoms with van der Waals surface area (Å²) in [7, 11) is -3.64. The van der Waals surface area contributed by atoms with Crippen molar-refractivity contribution in [3.05, 3.63) is 0 Å². The molecule has 0 bridgehead atoms. The van der Waals surface area contributed by atoms with Crippen molar-refractivity contribution in [3.63, 3.8) is 0 Å². The van der Waals surface area contributed by atoms with Crippen LogP contribution in [0.4, 0.5) is 0 Å². The van der Waals surface area contributed by atoms with Gasteiger partial charge in [-0.05, 0) is 19.3 Å². The van der Waals surface area contributed by atoms with E-state index in [4.69, 9.17) is 9.88 Å². The first-order chi connectivity index (χ1) is 8.48. The van der Waals surface area contributed by atoms with E-state index in [0.717, 1.165) is 19.3 Å². The Kier molecular flexibility index (Phi) is 4.21. The minimum absolute atomic E-state index is 0.0243. The van der Waals surface area contributed by atoms with E-state index in [1.165, 1.54) is 4.31 Å². The molecule has 0 saturated carbocycles. The van der Waals surface area contributed by atoms with Crippen molar-refractivity contribution < 1.29 is 17.9 Å². The quantitative estimate of drug-likeness (QED) is 0.693. The number of hydrogen-bond donors (Lipinski definition) is 1. The average Bonchev–Trinajstić information content (AvgIpc) is 2.38. The maximum Gasteiger partial charge on any atom is 0.277 e. The summed E-state index contributed by atoms with van der Waals surface area (Å²) in [5.41, 5.74) is 0. The second-order valence-electron chi connectivity index (χ2n) is 4.62. The lowest BCUT2D eigenvalue weighted by Crippen LogP contribution is -2.54. The predicted octanol–water partition coefficient (Wildman–Crippen LogP) is -1.10. The molecule has 8 heteroatoms. The fraction of sp³-hybridized carbons (Fsp3) is 0.900. The number of amides is 1. The van der Waals surface area contributed by atoms with Crippen LogP contribution in [0.15, 0.2) is 0 Å². The van der Waals surface area contributed by atoms with Crippen molar-refractivity contribution in [1.82, 2.24) is 9.21 Å². The van der Waals surface area contributed by atoms with Crippen molar-refractivity contribution in [1.29, 1.82) is 0 Å². The zero-order valence-electron chi connectivity index (χ0n) is 10.2. The normalized spacial score (nSPS) is 27.2. The van der Waals surface area contributed by atoms with Gasteiger partial charge >= 0.3 is 0 Å². The third-order valence-electron chi connectivity index (χ3n) is 3.37. The van der Waals surface area contributed by atoms with Gasteiger partial charge in [-0.1, -0.05) is 0 Å². The third-order valence-corrected chi connectivity index (χ3v) is 4.45. The Morgan fingerprint density at radius 2 is 1.83 bits per heavy atom. The molecule has 2 rings (SSSR count). The summed E-state index contributed by atoms with van der Waals surface area (Å²) in [5.74, 6) is -0.0243. The molecule has 0 aliphatic carbocycles. The summed E-state index contributed by atoms with van der Waals surface area (Å²) >= 11 is 0. The Morgan fingerprint density at radius 1 is 1.17 bits per heavy atom. The lowest BCUT2D eigenvalue weighted by Gasteiger charge is -2.35. The van der Waals surface area contributed by atoms with E-state index in [9.17, 15) is 13.2 Å². The van der Waals surface area contributed by atoms with E-state index in [1.807, 2.05) is 0 Å². The first kappa shape index (κ1) is 13.7. The Labute approximate surface area is 107 Å². The van der Waals surface area contributed by atoms with E-state index in [2.05, 4.69) is 0 Å². The molecular formula is C10H19N3O4S. The number of hydrogen-bond acceptors (Lipinski definition) is 4. The maximum atomic E-state index is 12.1. The van der Waals surface area contributed by atoms with E-state index >= 15 is 0 Å². The molecule has 1 amide bonds. The smallest absolute Gasteiger partial charge is 0.277 e. The molecule has 2 heterocycles. The van der Waals surface area contributed by atoms with Gasteiger partial charge in [0.2, 0.25) is 0 Å². The minimum Gasteiger partial charge on any atom is -0.368 e. The summed E-state index contributed by atoms with van der Waals surface area (Å²) < 4.78 is 28.9. The van der Waals surface area contributed by atoms with Crippen LogP contribution in [0.1, 0.15) is 19.3 Å². The second-order valence-corrected chi connectivity index (χ2v) is 6.17. The van der Waals surface area contributed by atoms with Gasteiger partial charge in [0.05, 0.1) is 0 Å². The van der Waals surface area contributed by atoms with Crippen molar-refractivity contribution >= 4 is 16.1 Å². The fourth-order valence-electron chi connectivity index (χ4n) is 2.30. The first-order valence-electron chi connectivity index (χ1n) is 6.17. The van der Waals surface area contributed by atoms with Crippen LogP contribution in [0, 0.1) is 0 Å². The SMILES string of the molecule is NS(=O)(=O)N1CCN(C(=O)C2CCCCO2)CC1. The van der Waals surface area contributed by atoms with Gasteiger partial charge < -0.3 is 9.64 Å². The van der Waals surface area contributed by atoms with Crippen molar-refractivity contribution in [3.8, 4) is 0 Å². The molecule has 18 heavy (non-hydrogen) atoms. The highest BCUT2D eigenvalue weighted by Crippen LogP contribution is 2.16. The third kappa shape index (κ3) is 3.19. The summed E-state index contributed by atoms with van der Waals surface area (Å²) in [6, 6.07) is 0. The lowest BCUT2D eigenvalue weighted by molar-refractivity contribution is -0.147. The molecule has 2 aliphatic rings. The van der Waals surface area contributed by atoms with Crippen molar-refractivity contribution in [2.24, 2.45) is 5.14 Å². The highest BCUT2D eigenvalue weighted by molar-refractivity contribution is 7.86. The number of carbonyl (C=O) groups excluding carboxylic acids is 1. The Balaban J connectivity index is 1.87. The summed E-state index contributed by atoms with van der Waals surface area (Å²) in [6.07, 6.45) is 2.42. The monoisotopic (exact) mass is 277 g/mol. The first-order valence-corrected chi connectivity index (χ1v) is 7.67. The van der Waals surface area contributed by atoms with Gasteiger partial charge in [0.1, 0.15) is 6.10 Å². The molecule has 7 nitrogen and oxygen atoms in total. The molecule has 1 atom stereocenters. The summed E-state index contributed by atoms with van der Waals surface area (Å²) in [6.45, 7) is 1.92. The molecule has 2 fully saturated rings. The summed E-state index contributed by atoms with van der Waals surface area (Å²) in [4.78, 5) is 13.8. The number of piperazine rings is 1. The largest absolute Gasteiger partial charge is 0.368 e. The number of rotatable bonds is 2. The van der Waals surface area contributed by atoms with E-state index in [-0.39, 0.29) is 25.1 Å². The topological polar surface area (TPSA) is 92.9 Å². The molecule has 104 valence electrons. The van der Waals surface area contributed by atoms with E-state index in [1.54, 1.807) is 4.90 Å². The Hall–Kier alpha value is -0.700. The minimum atomic E-state index is -3.64. The molecule has 2 N–H and O–H groups in total. The number of carbonyl (C=O) groups is 1. The second kappa shape index (κ2) is 5.52. The highest BCUT2D eigenvalue weighted by atomic mass is 32.2. The Morgan fingerprint density at radius 3 is 2.33 bits per heavy atom. The van der Waals surface area contributed by atoms with Gasteiger partial charge in [-0.2, -0.15) is 12.7 Å². The molecule has 2 saturated heterocycles. The fourth-order valence-corrected chi connectivity index (χ4v) is 2.97. The summed E-state index contributed by atoms with van der Waals surface area (Å²) in [5, 5.41) is 5.04. The molecule has 1 unspecified atom stereocenters. The molecule has 0 aromatic carbocycles. The number of nitrogens with zero attached hydrogens (tertiary/aromatic N) is 2. The number of ether oxygens (including phenoxy) is 1. The van der Waals surface area contributed by atoms with Crippen LogP contribution in [-0.2, 0) is 19.7 Å². The lowest BCUT2D eigenvalue weighted by atomic mass is 10.1. The van der Waals surface area contributed by atoms with Crippen LogP contribution in [0.3, 0.4) is 0 Å². The molecule has 0 radical (unpaired) electrons. The van der Waals surface area contributed by atoms with Crippen LogP contribution in [-0.4, -0.2) is 62.4 Å².